The van der Waals surface area contributed by atoms with Crippen LogP contribution in [0.25, 0.3) is 20.2 Å². The summed E-state index contributed by atoms with van der Waals surface area (Å²) in [6, 6.07) is -2.07. The minimum absolute atomic E-state index is 0.0134. The molecule has 2 nitrogen and oxygen atoms in total. The Bertz CT molecular complexity index is 3130. The van der Waals surface area contributed by atoms with Gasteiger partial charge in [-0.05, 0) is 135 Å². The van der Waals surface area contributed by atoms with Crippen molar-refractivity contribution in [2.45, 2.75) is 97.7 Å². The standard InChI is InChI=1S/C45H46BNOS/c1-25(2)28-10-13-30(14-11-28)47-37-15-12-29(26(3)4)20-35(37)46-36-22-32-31-21-33-34(45(8,9)17-16-44(33,6)7)23-41(31)49-42(32)24-39(36)48-40-19-27(5)18-38(47)43(40)46/h10-15,18-26H,16-17H2,1-9H3/i5D3,10D,11D,12D,13D,15D,18D,19D,20D,21D,22D,23D,24D. The third-order valence-electron chi connectivity index (χ3n) is 10.5. The number of thiophene rings is 1. The van der Waals surface area contributed by atoms with Gasteiger partial charge in [0.15, 0.2) is 0 Å². The summed E-state index contributed by atoms with van der Waals surface area (Å²) < 4.78 is 148. The Hall–Kier alpha value is -4.02. The van der Waals surface area contributed by atoms with Gasteiger partial charge in [0, 0.05) is 41.3 Å². The maximum Gasteiger partial charge on any atom is 0.256 e. The van der Waals surface area contributed by atoms with Crippen LogP contribution < -0.4 is 26.0 Å². The summed E-state index contributed by atoms with van der Waals surface area (Å²) in [6.07, 6.45) is 1.54. The molecule has 0 unspecified atom stereocenters. The van der Waals surface area contributed by atoms with Crippen LogP contribution in [0.3, 0.4) is 0 Å². The van der Waals surface area contributed by atoms with Gasteiger partial charge in [0.2, 0.25) is 0 Å². The average molecular weight is 675 g/mol. The first-order valence-electron chi connectivity index (χ1n) is 24.5. The second-order valence-electron chi connectivity index (χ2n) is 15.6. The van der Waals surface area contributed by atoms with E-state index in [4.69, 9.17) is 11.6 Å². The molecule has 0 bridgehead atoms. The maximum atomic E-state index is 10.2. The molecule has 0 radical (unpaired) electrons. The van der Waals surface area contributed by atoms with Gasteiger partial charge >= 0.3 is 0 Å². The summed E-state index contributed by atoms with van der Waals surface area (Å²) in [5.74, 6) is -1.41. The highest BCUT2D eigenvalue weighted by atomic mass is 32.1. The molecule has 49 heavy (non-hydrogen) atoms. The predicted molar refractivity (Wildman–Crippen MR) is 213 cm³/mol. The molecule has 0 saturated carbocycles. The zero-order valence-corrected chi connectivity index (χ0v) is 29.8. The van der Waals surface area contributed by atoms with Gasteiger partial charge < -0.3 is 9.64 Å². The van der Waals surface area contributed by atoms with Crippen LogP contribution in [0.1, 0.15) is 128 Å². The Morgan fingerprint density at radius 3 is 2.16 bits per heavy atom. The quantitative estimate of drug-likeness (QED) is 0.173. The van der Waals surface area contributed by atoms with Crippen LogP contribution >= 0.6 is 11.3 Å². The normalized spacial score (nSPS) is 21.5. The van der Waals surface area contributed by atoms with Crippen molar-refractivity contribution in [1.82, 2.24) is 0 Å². The van der Waals surface area contributed by atoms with Crippen molar-refractivity contribution in [2.24, 2.45) is 0 Å². The second kappa shape index (κ2) is 10.5. The highest BCUT2D eigenvalue weighted by Crippen LogP contribution is 2.50. The molecule has 0 atom stereocenters. The van der Waals surface area contributed by atoms with Gasteiger partial charge in [-0.1, -0.05) is 85.6 Å². The second-order valence-corrected chi connectivity index (χ2v) is 16.6. The summed E-state index contributed by atoms with van der Waals surface area (Å²) in [5, 5.41) is 0.540. The zero-order valence-electron chi connectivity index (χ0n) is 44.0. The van der Waals surface area contributed by atoms with Gasteiger partial charge in [-0.3, -0.25) is 0 Å². The highest BCUT2D eigenvalue weighted by Gasteiger charge is 2.43. The van der Waals surface area contributed by atoms with Crippen molar-refractivity contribution in [3.63, 3.8) is 0 Å². The molecule has 2 aliphatic heterocycles. The molecule has 3 heterocycles. The number of hydrogen-bond donors (Lipinski definition) is 0. The van der Waals surface area contributed by atoms with Crippen molar-refractivity contribution in [1.29, 1.82) is 0 Å². The minimum atomic E-state index is -3.10. The number of benzene rings is 5. The molecule has 6 aromatic rings. The lowest BCUT2D eigenvalue weighted by atomic mass is 9.34. The summed E-state index contributed by atoms with van der Waals surface area (Å²) in [7, 11) is 0. The molecule has 0 spiro atoms. The van der Waals surface area contributed by atoms with Crippen molar-refractivity contribution in [3.8, 4) is 11.5 Å². The van der Waals surface area contributed by atoms with Crippen molar-refractivity contribution in [2.75, 3.05) is 4.90 Å². The lowest BCUT2D eigenvalue weighted by molar-refractivity contribution is 0.332. The molecule has 3 aliphatic rings. The van der Waals surface area contributed by atoms with Gasteiger partial charge in [0.25, 0.3) is 6.71 Å². The van der Waals surface area contributed by atoms with E-state index in [-0.39, 0.29) is 120 Å². The van der Waals surface area contributed by atoms with Crippen molar-refractivity contribution >= 4 is 71.7 Å². The predicted octanol–water partition coefficient (Wildman–Crippen LogP) is 11.4. The van der Waals surface area contributed by atoms with E-state index < -0.39 is 60.0 Å². The number of anilines is 3. The summed E-state index contributed by atoms with van der Waals surface area (Å²) in [6.45, 7) is 10.8. The van der Waals surface area contributed by atoms with Crippen molar-refractivity contribution in [3.05, 3.63) is 106 Å². The van der Waals surface area contributed by atoms with Gasteiger partial charge in [-0.25, -0.2) is 0 Å². The van der Waals surface area contributed by atoms with Crippen LogP contribution in [0.5, 0.6) is 11.5 Å². The largest absolute Gasteiger partial charge is 0.458 e. The van der Waals surface area contributed by atoms with E-state index in [0.717, 1.165) is 29.7 Å². The molecule has 5 aromatic carbocycles. The Kier molecular flexibility index (Phi) is 4.03. The monoisotopic (exact) mass is 674 g/mol. The van der Waals surface area contributed by atoms with E-state index in [0.29, 0.717) is 15.6 Å². The van der Waals surface area contributed by atoms with Gasteiger partial charge in [0.05, 0.1) is 16.4 Å². The van der Waals surface area contributed by atoms with Crippen LogP contribution in [0.15, 0.2) is 78.6 Å². The maximum absolute atomic E-state index is 10.2. The third kappa shape index (κ3) is 4.59. The Morgan fingerprint density at radius 2 is 1.43 bits per heavy atom. The fraction of sp³-hybridized carbons (Fsp3) is 0.333. The molecular formula is C45H46BNOS. The first-order chi connectivity index (χ1) is 29.6. The number of hydrogen-bond acceptors (Lipinski definition) is 3. The first kappa shape index (κ1) is 18.8. The van der Waals surface area contributed by atoms with Crippen LogP contribution in [-0.2, 0) is 10.8 Å². The average Bonchev–Trinajstić information content (AvgIpc) is 3.60. The van der Waals surface area contributed by atoms with Crippen LogP contribution in [0.4, 0.5) is 17.1 Å². The van der Waals surface area contributed by atoms with E-state index in [1.165, 1.54) is 11.0 Å². The van der Waals surface area contributed by atoms with E-state index in [1.807, 2.05) is 13.8 Å². The number of fused-ring (bicyclic) bond motifs is 8. The fourth-order valence-corrected chi connectivity index (χ4v) is 8.56. The number of nitrogens with zero attached hydrogens (tertiary/aromatic N) is 1. The fourth-order valence-electron chi connectivity index (χ4n) is 7.55. The van der Waals surface area contributed by atoms with E-state index >= 15 is 0 Å². The summed E-state index contributed by atoms with van der Waals surface area (Å²) in [4.78, 5) is 1.20. The molecule has 246 valence electrons. The van der Waals surface area contributed by atoms with Gasteiger partial charge in [-0.15, -0.1) is 11.3 Å². The smallest absolute Gasteiger partial charge is 0.256 e. The summed E-state index contributed by atoms with van der Waals surface area (Å²) >= 11 is 1.10. The van der Waals surface area contributed by atoms with Crippen LogP contribution in [-0.4, -0.2) is 6.71 Å². The lowest BCUT2D eigenvalue weighted by Gasteiger charge is -2.42. The van der Waals surface area contributed by atoms with Gasteiger partial charge in [-0.2, -0.15) is 0 Å². The van der Waals surface area contributed by atoms with Crippen LogP contribution in [0.2, 0.25) is 0 Å². The van der Waals surface area contributed by atoms with E-state index in [9.17, 15) is 13.7 Å². The Balaban J connectivity index is 1.52. The summed E-state index contributed by atoms with van der Waals surface area (Å²) in [5.41, 5.74) is -0.450. The third-order valence-corrected chi connectivity index (χ3v) is 11.6. The van der Waals surface area contributed by atoms with Gasteiger partial charge in [0.1, 0.15) is 11.5 Å². The molecule has 9 rings (SSSR count). The molecular weight excluding hydrogens is 613 g/mol. The number of rotatable bonds is 3. The van der Waals surface area contributed by atoms with E-state index in [1.54, 1.807) is 27.7 Å². The topological polar surface area (TPSA) is 12.5 Å². The molecule has 1 aromatic heterocycles. The number of ether oxygens (including phenoxy) is 1. The molecule has 0 amide bonds. The molecule has 4 heteroatoms. The first-order valence-corrected chi connectivity index (χ1v) is 17.8. The molecule has 0 N–H and O–H groups in total. The molecule has 0 fully saturated rings. The SMILES string of the molecule is [2H]c1cc(N2c3c([2H])c([2H])c(C(C)C)c([2H])c3B3c4c(c([2H])c(C([2H])([2H])[2H])c([2H])c42)Oc2c3c([2H])c3c(sc4c([2H])c5c(c([2H])c43)C(C)(C)CCC5(C)C)c2[2H])c([2H])c([2H])c1C(C)C. The highest BCUT2D eigenvalue weighted by molar-refractivity contribution is 7.26. The van der Waals surface area contributed by atoms with E-state index in [2.05, 4.69) is 13.8 Å². The molecule has 0 saturated heterocycles. The van der Waals surface area contributed by atoms with Crippen LogP contribution in [0, 0.1) is 6.85 Å². The minimum Gasteiger partial charge on any atom is -0.458 e. The zero-order chi connectivity index (χ0) is 47.1. The van der Waals surface area contributed by atoms with Crippen molar-refractivity contribution < 1.29 is 25.3 Å². The Morgan fingerprint density at radius 1 is 0.735 bits per heavy atom. The Labute approximate surface area is 317 Å². The molecule has 1 aliphatic carbocycles. The lowest BCUT2D eigenvalue weighted by Crippen LogP contribution is -2.59.